The van der Waals surface area contributed by atoms with Crippen LogP contribution in [0.4, 0.5) is 10.1 Å². The van der Waals surface area contributed by atoms with Crippen LogP contribution in [0.3, 0.4) is 0 Å². The van der Waals surface area contributed by atoms with Crippen molar-refractivity contribution < 1.29 is 9.18 Å². The second-order valence-electron chi connectivity index (χ2n) is 7.69. The zero-order valence-corrected chi connectivity index (χ0v) is 17.8. The van der Waals surface area contributed by atoms with Gasteiger partial charge in [-0.25, -0.2) is 14.4 Å². The number of aryl methyl sites for hydroxylation is 1. The SMILES string of the molecule is CNC(=O)c1ccc(N2CCN(C(C)c3ccc4nc(C)c(=O)[nH]c4c3F)CC2)cn1. The highest BCUT2D eigenvalue weighted by Crippen LogP contribution is 2.28. The number of fused-ring (bicyclic) bond motifs is 1. The molecule has 0 aliphatic carbocycles. The predicted octanol–water partition coefficient (Wildman–Crippen LogP) is 2.01. The summed E-state index contributed by atoms with van der Waals surface area (Å²) in [5.74, 6) is -0.639. The maximum absolute atomic E-state index is 15.2. The fourth-order valence-electron chi connectivity index (χ4n) is 3.95. The zero-order chi connectivity index (χ0) is 22.1. The number of hydrogen-bond donors (Lipinski definition) is 2. The predicted molar refractivity (Wildman–Crippen MR) is 117 cm³/mol. The van der Waals surface area contributed by atoms with Crippen LogP contribution >= 0.6 is 0 Å². The molecule has 0 radical (unpaired) electrons. The molecule has 1 aromatic carbocycles. The molecule has 1 unspecified atom stereocenters. The molecule has 2 N–H and O–H groups in total. The third kappa shape index (κ3) is 4.00. The molecule has 1 fully saturated rings. The van der Waals surface area contributed by atoms with Crippen molar-refractivity contribution in [1.82, 2.24) is 25.2 Å². The van der Waals surface area contributed by atoms with E-state index in [4.69, 9.17) is 0 Å². The van der Waals surface area contributed by atoms with E-state index in [1.807, 2.05) is 13.0 Å². The summed E-state index contributed by atoms with van der Waals surface area (Å²) in [6, 6.07) is 6.96. The van der Waals surface area contributed by atoms with Crippen molar-refractivity contribution in [3.05, 3.63) is 63.6 Å². The summed E-state index contributed by atoms with van der Waals surface area (Å²) in [5, 5.41) is 2.56. The maximum Gasteiger partial charge on any atom is 0.269 e. The van der Waals surface area contributed by atoms with Gasteiger partial charge in [0.1, 0.15) is 16.9 Å². The van der Waals surface area contributed by atoms with Gasteiger partial charge in [-0.2, -0.15) is 0 Å². The number of hydrogen-bond acceptors (Lipinski definition) is 6. The molecule has 2 aromatic heterocycles. The van der Waals surface area contributed by atoms with Gasteiger partial charge in [0.2, 0.25) is 0 Å². The Kier molecular flexibility index (Phi) is 5.69. The highest BCUT2D eigenvalue weighted by Gasteiger charge is 2.25. The zero-order valence-electron chi connectivity index (χ0n) is 17.8. The maximum atomic E-state index is 15.2. The quantitative estimate of drug-likeness (QED) is 0.666. The van der Waals surface area contributed by atoms with Crippen LogP contribution in [0.2, 0.25) is 0 Å². The van der Waals surface area contributed by atoms with Crippen molar-refractivity contribution in [2.45, 2.75) is 19.9 Å². The number of halogens is 1. The number of aromatic amines is 1. The van der Waals surface area contributed by atoms with Gasteiger partial charge in [-0.15, -0.1) is 0 Å². The van der Waals surface area contributed by atoms with Crippen LogP contribution < -0.4 is 15.8 Å². The fraction of sp³-hybridized carbons (Fsp3) is 0.364. The molecule has 1 saturated heterocycles. The minimum Gasteiger partial charge on any atom is -0.368 e. The molecule has 8 nitrogen and oxygen atoms in total. The van der Waals surface area contributed by atoms with E-state index in [9.17, 15) is 9.59 Å². The number of anilines is 1. The fourth-order valence-corrected chi connectivity index (χ4v) is 3.95. The molecule has 1 aliphatic heterocycles. The van der Waals surface area contributed by atoms with Crippen molar-refractivity contribution in [3.8, 4) is 0 Å². The number of rotatable bonds is 4. The molecular formula is C22H25FN6O2. The Bertz CT molecular complexity index is 1170. The highest BCUT2D eigenvalue weighted by molar-refractivity contribution is 5.92. The molecule has 1 atom stereocenters. The number of nitrogens with one attached hydrogen (secondary N) is 2. The van der Waals surface area contributed by atoms with E-state index >= 15 is 4.39 Å². The summed E-state index contributed by atoms with van der Waals surface area (Å²) in [6.07, 6.45) is 1.71. The molecule has 0 saturated carbocycles. The minimum absolute atomic E-state index is 0.148. The summed E-state index contributed by atoms with van der Waals surface area (Å²) < 4.78 is 15.2. The van der Waals surface area contributed by atoms with Crippen LogP contribution in [-0.4, -0.2) is 59.0 Å². The molecule has 9 heteroatoms. The van der Waals surface area contributed by atoms with Gasteiger partial charge in [0, 0.05) is 44.8 Å². The first-order valence-electron chi connectivity index (χ1n) is 10.2. The van der Waals surface area contributed by atoms with E-state index in [1.54, 1.807) is 38.4 Å². The Balaban J connectivity index is 1.47. The molecule has 162 valence electrons. The number of piperazine rings is 1. The lowest BCUT2D eigenvalue weighted by atomic mass is 10.0. The topological polar surface area (TPSA) is 94.2 Å². The lowest BCUT2D eigenvalue weighted by molar-refractivity contribution is 0.0958. The van der Waals surface area contributed by atoms with Crippen LogP contribution in [0, 0.1) is 12.7 Å². The van der Waals surface area contributed by atoms with Gasteiger partial charge in [-0.05, 0) is 32.0 Å². The normalized spacial score (nSPS) is 15.8. The number of H-pyrrole nitrogens is 1. The summed E-state index contributed by atoms with van der Waals surface area (Å²) >= 11 is 0. The Morgan fingerprint density at radius 3 is 2.58 bits per heavy atom. The van der Waals surface area contributed by atoms with Crippen molar-refractivity contribution >= 4 is 22.6 Å². The number of aromatic nitrogens is 3. The molecule has 3 heterocycles. The summed E-state index contributed by atoms with van der Waals surface area (Å²) in [6.45, 7) is 6.60. The second kappa shape index (κ2) is 8.43. The molecule has 1 amide bonds. The standard InChI is InChI=1S/C22H25FN6O2/c1-13-21(30)27-20-17(26-13)7-5-16(19(20)23)14(2)28-8-10-29(11-9-28)15-4-6-18(25-12-15)22(31)24-3/h4-7,12,14H,8-11H2,1-3H3,(H,24,31)(H,27,30). The molecule has 0 spiro atoms. The highest BCUT2D eigenvalue weighted by atomic mass is 19.1. The Hall–Kier alpha value is -3.33. The van der Waals surface area contributed by atoms with Gasteiger partial charge >= 0.3 is 0 Å². The summed E-state index contributed by atoms with van der Waals surface area (Å²) in [7, 11) is 1.58. The van der Waals surface area contributed by atoms with Crippen molar-refractivity contribution in [2.24, 2.45) is 0 Å². The smallest absolute Gasteiger partial charge is 0.269 e. The van der Waals surface area contributed by atoms with Gasteiger partial charge in [0.15, 0.2) is 5.82 Å². The largest absolute Gasteiger partial charge is 0.368 e. The minimum atomic E-state index is -0.425. The number of carbonyl (C=O) groups is 1. The Labute approximate surface area is 179 Å². The van der Waals surface area contributed by atoms with E-state index in [-0.39, 0.29) is 23.0 Å². The lowest BCUT2D eigenvalue weighted by Gasteiger charge is -2.39. The molecule has 3 aromatic rings. The first kappa shape index (κ1) is 20.9. The van der Waals surface area contributed by atoms with Crippen molar-refractivity contribution in [1.29, 1.82) is 0 Å². The van der Waals surface area contributed by atoms with E-state index in [2.05, 4.69) is 30.1 Å². The number of amides is 1. The first-order valence-corrected chi connectivity index (χ1v) is 10.2. The number of pyridine rings is 1. The monoisotopic (exact) mass is 424 g/mol. The number of carbonyl (C=O) groups excluding carboxylic acids is 1. The number of benzene rings is 1. The third-order valence-electron chi connectivity index (χ3n) is 5.89. The van der Waals surface area contributed by atoms with E-state index in [1.165, 1.54) is 0 Å². The van der Waals surface area contributed by atoms with E-state index in [0.717, 1.165) is 31.9 Å². The van der Waals surface area contributed by atoms with Gasteiger partial charge in [-0.1, -0.05) is 6.07 Å². The molecular weight excluding hydrogens is 399 g/mol. The lowest BCUT2D eigenvalue weighted by Crippen LogP contribution is -2.47. The summed E-state index contributed by atoms with van der Waals surface area (Å²) in [4.78, 5) is 39.0. The van der Waals surface area contributed by atoms with Gasteiger partial charge < -0.3 is 15.2 Å². The molecule has 0 bridgehead atoms. The van der Waals surface area contributed by atoms with Crippen LogP contribution in [0.1, 0.15) is 34.7 Å². The average molecular weight is 424 g/mol. The first-order chi connectivity index (χ1) is 14.9. The van der Waals surface area contributed by atoms with Crippen LogP contribution in [0.15, 0.2) is 35.3 Å². The second-order valence-corrected chi connectivity index (χ2v) is 7.69. The summed E-state index contributed by atoms with van der Waals surface area (Å²) in [5.41, 5.74) is 2.43. The van der Waals surface area contributed by atoms with E-state index < -0.39 is 5.82 Å². The number of nitrogens with zero attached hydrogens (tertiary/aromatic N) is 4. The Morgan fingerprint density at radius 1 is 1.19 bits per heavy atom. The molecule has 1 aliphatic rings. The van der Waals surface area contributed by atoms with Crippen LogP contribution in [0.5, 0.6) is 0 Å². The molecule has 4 rings (SSSR count). The molecule has 31 heavy (non-hydrogen) atoms. The van der Waals surface area contributed by atoms with Crippen molar-refractivity contribution in [2.75, 3.05) is 38.1 Å². The van der Waals surface area contributed by atoms with Gasteiger partial charge in [-0.3, -0.25) is 14.5 Å². The van der Waals surface area contributed by atoms with Crippen molar-refractivity contribution in [3.63, 3.8) is 0 Å². The van der Waals surface area contributed by atoms with Gasteiger partial charge in [0.05, 0.1) is 17.4 Å². The average Bonchev–Trinajstić information content (AvgIpc) is 2.80. The van der Waals surface area contributed by atoms with Crippen LogP contribution in [-0.2, 0) is 0 Å². The van der Waals surface area contributed by atoms with E-state index in [0.29, 0.717) is 22.5 Å². The van der Waals surface area contributed by atoms with Crippen LogP contribution in [0.25, 0.3) is 11.0 Å². The third-order valence-corrected chi connectivity index (χ3v) is 5.89. The Morgan fingerprint density at radius 2 is 1.94 bits per heavy atom. The van der Waals surface area contributed by atoms with Gasteiger partial charge in [0.25, 0.3) is 11.5 Å².